The molecule has 1 aliphatic rings. The maximum absolute atomic E-state index is 14.7. The number of pyridine rings is 1. The molecule has 7 nitrogen and oxygen atoms in total. The number of nitrogens with zero attached hydrogens (tertiary/aromatic N) is 4. The number of benzene rings is 2. The summed E-state index contributed by atoms with van der Waals surface area (Å²) in [6.45, 7) is 4.67. The highest BCUT2D eigenvalue weighted by Gasteiger charge is 2.36. The van der Waals surface area contributed by atoms with E-state index in [-0.39, 0.29) is 16.7 Å². The van der Waals surface area contributed by atoms with E-state index >= 15 is 0 Å². The Morgan fingerprint density at radius 3 is 2.69 bits per heavy atom. The molecular formula is C27H24FN5O2. The zero-order chi connectivity index (χ0) is 24.7. The molecule has 1 unspecified atom stereocenters. The van der Waals surface area contributed by atoms with Crippen LogP contribution in [0.25, 0.3) is 27.7 Å². The Morgan fingerprint density at radius 1 is 1.23 bits per heavy atom. The van der Waals surface area contributed by atoms with Crippen molar-refractivity contribution in [2.45, 2.75) is 32.2 Å². The van der Waals surface area contributed by atoms with Gasteiger partial charge in [0.2, 0.25) is 0 Å². The summed E-state index contributed by atoms with van der Waals surface area (Å²) >= 11 is 0. The summed E-state index contributed by atoms with van der Waals surface area (Å²) in [4.78, 5) is 23.4. The summed E-state index contributed by atoms with van der Waals surface area (Å²) in [7, 11) is 1.39. The molecule has 1 saturated heterocycles. The third-order valence-electron chi connectivity index (χ3n) is 6.58. The molecule has 35 heavy (non-hydrogen) atoms. The third kappa shape index (κ3) is 3.84. The van der Waals surface area contributed by atoms with Crippen LogP contribution in [0.3, 0.4) is 0 Å². The molecule has 0 spiro atoms. The fourth-order valence-electron chi connectivity index (χ4n) is 4.69. The number of hydrogen-bond acceptors (Lipinski definition) is 6. The van der Waals surface area contributed by atoms with Crippen molar-refractivity contribution in [2.24, 2.45) is 0 Å². The molecule has 4 aromatic rings. The lowest BCUT2D eigenvalue weighted by Gasteiger charge is -2.28. The maximum atomic E-state index is 14.7. The minimum absolute atomic E-state index is 0.0863. The van der Waals surface area contributed by atoms with Crippen LogP contribution in [-0.4, -0.2) is 28.2 Å². The van der Waals surface area contributed by atoms with Crippen LogP contribution in [0.15, 0.2) is 53.5 Å². The zero-order valence-corrected chi connectivity index (χ0v) is 19.7. The van der Waals surface area contributed by atoms with Gasteiger partial charge in [-0.25, -0.2) is 9.37 Å². The Labute approximate surface area is 201 Å². The van der Waals surface area contributed by atoms with Gasteiger partial charge in [-0.1, -0.05) is 6.07 Å². The molecule has 1 fully saturated rings. The predicted octanol–water partition coefficient (Wildman–Crippen LogP) is 4.37. The van der Waals surface area contributed by atoms with E-state index in [1.54, 1.807) is 24.4 Å². The first-order valence-electron chi connectivity index (χ1n) is 11.4. The van der Waals surface area contributed by atoms with Crippen molar-refractivity contribution in [2.75, 3.05) is 13.7 Å². The van der Waals surface area contributed by atoms with Gasteiger partial charge in [0.25, 0.3) is 5.56 Å². The number of aromatic nitrogens is 3. The summed E-state index contributed by atoms with van der Waals surface area (Å²) in [6, 6.07) is 13.6. The Balaban J connectivity index is 1.89. The van der Waals surface area contributed by atoms with E-state index in [4.69, 9.17) is 9.72 Å². The highest BCUT2D eigenvalue weighted by atomic mass is 19.1. The fraction of sp³-hybridized carbons (Fsp3) is 0.259. The van der Waals surface area contributed by atoms with Crippen molar-refractivity contribution in [1.82, 2.24) is 19.9 Å². The summed E-state index contributed by atoms with van der Waals surface area (Å²) < 4.78 is 21.2. The molecule has 0 saturated carbocycles. The molecule has 1 N–H and O–H groups in total. The highest BCUT2D eigenvalue weighted by Crippen LogP contribution is 2.34. The summed E-state index contributed by atoms with van der Waals surface area (Å²) in [5.41, 5.74) is 2.45. The molecular weight excluding hydrogens is 445 g/mol. The van der Waals surface area contributed by atoms with E-state index in [2.05, 4.69) is 16.4 Å². The van der Waals surface area contributed by atoms with Gasteiger partial charge in [-0.15, -0.1) is 0 Å². The molecule has 8 heteroatoms. The molecule has 1 atom stereocenters. The molecule has 1 aliphatic heterocycles. The molecule has 0 amide bonds. The number of halogens is 1. The average Bonchev–Trinajstić information content (AvgIpc) is 3.31. The maximum Gasteiger partial charge on any atom is 0.266 e. The lowest BCUT2D eigenvalue weighted by atomic mass is 9.96. The first kappa shape index (κ1) is 22.7. The van der Waals surface area contributed by atoms with Gasteiger partial charge in [0, 0.05) is 29.1 Å². The number of nitriles is 1. The number of hydrogen-bond donors (Lipinski definition) is 1. The summed E-state index contributed by atoms with van der Waals surface area (Å²) in [5.74, 6) is -0.00371. The van der Waals surface area contributed by atoms with Crippen molar-refractivity contribution in [1.29, 1.82) is 5.26 Å². The molecule has 3 heterocycles. The SMILES string of the molecule is COc1ccc(-n2c(C3(C)CCCN3)nc3c(-c4ccc(C)nc4)cc(C#N)cc3c2=O)cc1F. The van der Waals surface area contributed by atoms with Crippen molar-refractivity contribution < 1.29 is 9.13 Å². The summed E-state index contributed by atoms with van der Waals surface area (Å²) in [6.07, 6.45) is 3.40. The topological polar surface area (TPSA) is 92.8 Å². The second kappa shape index (κ2) is 8.60. The number of nitrogens with one attached hydrogen (secondary N) is 1. The van der Waals surface area contributed by atoms with Crippen LogP contribution in [0.2, 0.25) is 0 Å². The molecule has 2 aromatic carbocycles. The van der Waals surface area contributed by atoms with Crippen molar-refractivity contribution >= 4 is 10.9 Å². The largest absolute Gasteiger partial charge is 0.494 e. The molecule has 0 radical (unpaired) electrons. The van der Waals surface area contributed by atoms with E-state index in [1.807, 2.05) is 26.0 Å². The van der Waals surface area contributed by atoms with Crippen LogP contribution in [-0.2, 0) is 5.54 Å². The Bertz CT molecular complexity index is 1550. The monoisotopic (exact) mass is 469 g/mol. The molecule has 0 aliphatic carbocycles. The van der Waals surface area contributed by atoms with E-state index in [9.17, 15) is 14.4 Å². The normalized spacial score (nSPS) is 17.5. The minimum atomic E-state index is -0.597. The van der Waals surface area contributed by atoms with Gasteiger partial charge in [0.1, 0.15) is 5.82 Å². The first-order chi connectivity index (χ1) is 16.8. The van der Waals surface area contributed by atoms with Crippen molar-refractivity contribution in [3.8, 4) is 28.6 Å². The van der Waals surface area contributed by atoms with Gasteiger partial charge in [-0.3, -0.25) is 14.3 Å². The quantitative estimate of drug-likeness (QED) is 0.477. The number of rotatable bonds is 4. The smallest absolute Gasteiger partial charge is 0.266 e. The Morgan fingerprint density at radius 2 is 2.06 bits per heavy atom. The van der Waals surface area contributed by atoms with Gasteiger partial charge in [-0.05, 0) is 63.6 Å². The molecule has 176 valence electrons. The van der Waals surface area contributed by atoms with Crippen LogP contribution < -0.4 is 15.6 Å². The second-order valence-corrected chi connectivity index (χ2v) is 8.98. The predicted molar refractivity (Wildman–Crippen MR) is 131 cm³/mol. The van der Waals surface area contributed by atoms with E-state index in [1.165, 1.54) is 23.8 Å². The number of ether oxygens (including phenoxy) is 1. The van der Waals surface area contributed by atoms with Crippen LogP contribution in [0.5, 0.6) is 5.75 Å². The molecule has 2 aromatic heterocycles. The zero-order valence-electron chi connectivity index (χ0n) is 19.7. The lowest BCUT2D eigenvalue weighted by Crippen LogP contribution is -2.40. The lowest BCUT2D eigenvalue weighted by molar-refractivity contribution is 0.385. The summed E-state index contributed by atoms with van der Waals surface area (Å²) in [5, 5.41) is 13.4. The number of fused-ring (bicyclic) bond motifs is 1. The Hall–Kier alpha value is -4.09. The molecule has 5 rings (SSSR count). The average molecular weight is 470 g/mol. The van der Waals surface area contributed by atoms with Gasteiger partial charge in [0.15, 0.2) is 11.6 Å². The number of methoxy groups -OCH3 is 1. The van der Waals surface area contributed by atoms with E-state index in [0.717, 1.165) is 30.6 Å². The van der Waals surface area contributed by atoms with Crippen LogP contribution in [0.1, 0.15) is 36.8 Å². The van der Waals surface area contributed by atoms with Crippen LogP contribution in [0.4, 0.5) is 4.39 Å². The minimum Gasteiger partial charge on any atom is -0.494 e. The van der Waals surface area contributed by atoms with Crippen LogP contribution >= 0.6 is 0 Å². The van der Waals surface area contributed by atoms with Gasteiger partial charge in [-0.2, -0.15) is 5.26 Å². The Kier molecular flexibility index (Phi) is 5.58. The number of aryl methyl sites for hydroxylation is 1. The van der Waals surface area contributed by atoms with Crippen LogP contribution in [0, 0.1) is 24.1 Å². The third-order valence-corrected chi connectivity index (χ3v) is 6.58. The highest BCUT2D eigenvalue weighted by molar-refractivity contribution is 5.94. The van der Waals surface area contributed by atoms with Gasteiger partial charge < -0.3 is 10.1 Å². The van der Waals surface area contributed by atoms with Crippen molar-refractivity contribution in [3.63, 3.8) is 0 Å². The van der Waals surface area contributed by atoms with Crippen molar-refractivity contribution in [3.05, 3.63) is 81.9 Å². The van der Waals surface area contributed by atoms with Gasteiger partial charge in [0.05, 0.1) is 40.9 Å². The van der Waals surface area contributed by atoms with E-state index in [0.29, 0.717) is 28.2 Å². The standard InChI is InChI=1S/C27H24FN5O2/c1-16-5-6-18(15-30-16)20-11-17(14-29)12-21-24(20)32-26(27(2)9-4-10-31-27)33(25(21)34)19-7-8-23(35-3)22(28)13-19/h5-8,11-13,15,31H,4,9-10H2,1-3H3. The van der Waals surface area contributed by atoms with E-state index < -0.39 is 11.4 Å². The fourth-order valence-corrected chi connectivity index (χ4v) is 4.69. The second-order valence-electron chi connectivity index (χ2n) is 8.98. The molecule has 0 bridgehead atoms. The first-order valence-corrected chi connectivity index (χ1v) is 11.4. The van der Waals surface area contributed by atoms with Gasteiger partial charge >= 0.3 is 0 Å².